The molecule has 0 saturated carbocycles. The van der Waals surface area contributed by atoms with Gasteiger partial charge in [0.1, 0.15) is 5.82 Å². The molecule has 2 aromatic carbocycles. The number of benzene rings is 2. The van der Waals surface area contributed by atoms with E-state index in [0.29, 0.717) is 11.5 Å². The number of carbonyl (C=O) groups excluding carboxylic acids is 1. The van der Waals surface area contributed by atoms with E-state index in [1.807, 2.05) is 65.5 Å². The standard InChI is InChI=1S/C28H32N8O2/c1-34(2)14-15-36-27-24(16-29-36)26(35-17-22-12-13-23(18-35)38-22)32-25(33-27)19-8-10-21(11-9-19)31-28(37)30-20-6-4-3-5-7-20/h3-11,16,22-23H,12-15,17-18H2,1-2H3,(H2,30,31,37). The first-order valence-corrected chi connectivity index (χ1v) is 13.0. The van der Waals surface area contributed by atoms with Gasteiger partial charge in [-0.15, -0.1) is 0 Å². The Morgan fingerprint density at radius 3 is 2.34 bits per heavy atom. The molecule has 0 spiro atoms. The van der Waals surface area contributed by atoms with Gasteiger partial charge >= 0.3 is 6.03 Å². The zero-order valence-electron chi connectivity index (χ0n) is 21.7. The summed E-state index contributed by atoms with van der Waals surface area (Å²) in [5.41, 5.74) is 3.12. The van der Waals surface area contributed by atoms with Crippen molar-refractivity contribution in [1.29, 1.82) is 0 Å². The third kappa shape index (κ3) is 5.18. The molecule has 10 nitrogen and oxygen atoms in total. The Hall–Kier alpha value is -4.02. The molecule has 2 unspecified atom stereocenters. The number of nitrogens with one attached hydrogen (secondary N) is 2. The van der Waals surface area contributed by atoms with Gasteiger partial charge in [0, 0.05) is 36.6 Å². The van der Waals surface area contributed by atoms with E-state index in [4.69, 9.17) is 14.7 Å². The van der Waals surface area contributed by atoms with Crippen LogP contribution in [-0.4, -0.2) is 76.6 Å². The SMILES string of the molecule is CN(C)CCn1ncc2c(N3CC4CCC(C3)O4)nc(-c3ccc(NC(=O)Nc4ccccc4)cc3)nc21. The number of hydrogen-bond donors (Lipinski definition) is 2. The Labute approximate surface area is 221 Å². The van der Waals surface area contributed by atoms with Crippen LogP contribution in [0.4, 0.5) is 22.0 Å². The zero-order chi connectivity index (χ0) is 26.1. The van der Waals surface area contributed by atoms with Gasteiger partial charge in [-0.3, -0.25) is 0 Å². The van der Waals surface area contributed by atoms with Crippen LogP contribution in [0, 0.1) is 0 Å². The molecule has 2 aliphatic rings. The summed E-state index contributed by atoms with van der Waals surface area (Å²) in [4.78, 5) is 26.9. The van der Waals surface area contributed by atoms with Crippen LogP contribution in [0.1, 0.15) is 12.8 Å². The number of amides is 2. The molecule has 2 aromatic heterocycles. The number of anilines is 3. The number of morpholine rings is 1. The smallest absolute Gasteiger partial charge is 0.323 e. The summed E-state index contributed by atoms with van der Waals surface area (Å²) in [6, 6.07) is 16.7. The number of carbonyl (C=O) groups is 1. The van der Waals surface area contributed by atoms with Gasteiger partial charge in [0.2, 0.25) is 0 Å². The van der Waals surface area contributed by atoms with E-state index in [2.05, 4.69) is 39.6 Å². The lowest BCUT2D eigenvalue weighted by Crippen LogP contribution is -2.43. The fraction of sp³-hybridized carbons (Fsp3) is 0.357. The van der Waals surface area contributed by atoms with Crippen molar-refractivity contribution in [3.05, 3.63) is 60.8 Å². The molecule has 0 aliphatic carbocycles. The van der Waals surface area contributed by atoms with E-state index in [0.717, 1.165) is 67.1 Å². The summed E-state index contributed by atoms with van der Waals surface area (Å²) < 4.78 is 8.04. The van der Waals surface area contributed by atoms with Crippen LogP contribution in [0.5, 0.6) is 0 Å². The van der Waals surface area contributed by atoms with Crippen LogP contribution in [0.15, 0.2) is 60.8 Å². The highest BCUT2D eigenvalue weighted by Gasteiger charge is 2.35. The van der Waals surface area contributed by atoms with Gasteiger partial charge in [-0.05, 0) is 63.3 Å². The topological polar surface area (TPSA) is 100 Å². The van der Waals surface area contributed by atoms with E-state index >= 15 is 0 Å². The van der Waals surface area contributed by atoms with Crippen LogP contribution in [0.3, 0.4) is 0 Å². The van der Waals surface area contributed by atoms with Crippen molar-refractivity contribution in [2.45, 2.75) is 31.6 Å². The van der Waals surface area contributed by atoms with Crippen molar-refractivity contribution in [3.63, 3.8) is 0 Å². The molecule has 196 valence electrons. The number of fused-ring (bicyclic) bond motifs is 3. The second-order valence-corrected chi connectivity index (χ2v) is 10.2. The highest BCUT2D eigenvalue weighted by atomic mass is 16.5. The van der Waals surface area contributed by atoms with Gasteiger partial charge in [0.05, 0.1) is 30.3 Å². The molecular weight excluding hydrogens is 480 g/mol. The molecule has 4 heterocycles. The predicted octanol–water partition coefficient (Wildman–Crippen LogP) is 4.07. The Morgan fingerprint density at radius 2 is 1.66 bits per heavy atom. The minimum absolute atomic E-state index is 0.249. The number of rotatable bonds is 7. The first kappa shape index (κ1) is 24.3. The number of likely N-dealkylation sites (N-methyl/N-ethyl adjacent to an activating group) is 1. The van der Waals surface area contributed by atoms with Crippen molar-refractivity contribution in [2.24, 2.45) is 0 Å². The molecule has 2 aliphatic heterocycles. The molecule has 2 N–H and O–H groups in total. The third-order valence-corrected chi connectivity index (χ3v) is 7.01. The number of nitrogens with zero attached hydrogens (tertiary/aromatic N) is 6. The Morgan fingerprint density at radius 1 is 0.974 bits per heavy atom. The average Bonchev–Trinajstić information content (AvgIpc) is 3.49. The highest BCUT2D eigenvalue weighted by molar-refractivity contribution is 5.99. The molecule has 2 atom stereocenters. The quantitative estimate of drug-likeness (QED) is 0.385. The molecule has 2 saturated heterocycles. The largest absolute Gasteiger partial charge is 0.371 e. The minimum atomic E-state index is -0.296. The summed E-state index contributed by atoms with van der Waals surface area (Å²) in [5.74, 6) is 1.55. The maximum atomic E-state index is 12.4. The third-order valence-electron chi connectivity index (χ3n) is 7.01. The van der Waals surface area contributed by atoms with Crippen molar-refractivity contribution in [1.82, 2.24) is 24.6 Å². The van der Waals surface area contributed by atoms with Gasteiger partial charge in [0.25, 0.3) is 0 Å². The average molecular weight is 513 g/mol. The lowest BCUT2D eigenvalue weighted by molar-refractivity contribution is 0.0303. The van der Waals surface area contributed by atoms with Crippen molar-refractivity contribution in [2.75, 3.05) is 49.3 Å². The Kier molecular flexibility index (Phi) is 6.65. The van der Waals surface area contributed by atoms with Gasteiger partial charge < -0.3 is 25.2 Å². The van der Waals surface area contributed by atoms with Crippen LogP contribution >= 0.6 is 0 Å². The first-order chi connectivity index (χ1) is 18.5. The minimum Gasteiger partial charge on any atom is -0.371 e. The first-order valence-electron chi connectivity index (χ1n) is 13.0. The van der Waals surface area contributed by atoms with Gasteiger partial charge in [-0.25, -0.2) is 19.4 Å². The van der Waals surface area contributed by atoms with E-state index in [1.165, 1.54) is 0 Å². The summed E-state index contributed by atoms with van der Waals surface area (Å²) in [6.45, 7) is 3.24. The van der Waals surface area contributed by atoms with Crippen LogP contribution in [-0.2, 0) is 11.3 Å². The predicted molar refractivity (Wildman–Crippen MR) is 149 cm³/mol. The van der Waals surface area contributed by atoms with Crippen LogP contribution in [0.2, 0.25) is 0 Å². The van der Waals surface area contributed by atoms with Crippen LogP contribution < -0.4 is 15.5 Å². The summed E-state index contributed by atoms with van der Waals surface area (Å²) in [5, 5.41) is 11.3. The van der Waals surface area contributed by atoms with Gasteiger partial charge in [-0.1, -0.05) is 18.2 Å². The summed E-state index contributed by atoms with van der Waals surface area (Å²) >= 11 is 0. The molecular formula is C28H32N8O2. The number of urea groups is 1. The fourth-order valence-electron chi connectivity index (χ4n) is 5.07. The molecule has 2 amide bonds. The maximum absolute atomic E-state index is 12.4. The number of hydrogen-bond acceptors (Lipinski definition) is 7. The molecule has 0 radical (unpaired) electrons. The molecule has 38 heavy (non-hydrogen) atoms. The number of para-hydroxylation sites is 1. The lowest BCUT2D eigenvalue weighted by Gasteiger charge is -2.33. The molecule has 2 bridgehead atoms. The monoisotopic (exact) mass is 512 g/mol. The van der Waals surface area contributed by atoms with Crippen LogP contribution in [0.25, 0.3) is 22.4 Å². The molecule has 6 rings (SSSR count). The van der Waals surface area contributed by atoms with E-state index in [1.54, 1.807) is 0 Å². The van der Waals surface area contributed by atoms with Gasteiger partial charge in [0.15, 0.2) is 11.5 Å². The van der Waals surface area contributed by atoms with Crippen molar-refractivity contribution in [3.8, 4) is 11.4 Å². The van der Waals surface area contributed by atoms with E-state index < -0.39 is 0 Å². The molecule has 10 heteroatoms. The summed E-state index contributed by atoms with van der Waals surface area (Å²) in [6.07, 6.45) is 4.57. The molecule has 2 fully saturated rings. The number of aromatic nitrogens is 4. The lowest BCUT2D eigenvalue weighted by atomic mass is 10.2. The fourth-order valence-corrected chi connectivity index (χ4v) is 5.07. The zero-order valence-corrected chi connectivity index (χ0v) is 21.7. The number of ether oxygens (including phenoxy) is 1. The van der Waals surface area contributed by atoms with Gasteiger partial charge in [-0.2, -0.15) is 5.10 Å². The highest BCUT2D eigenvalue weighted by Crippen LogP contribution is 2.33. The second kappa shape index (κ2) is 10.4. The Balaban J connectivity index is 1.28. The second-order valence-electron chi connectivity index (χ2n) is 10.2. The normalized spacial score (nSPS) is 18.8. The van der Waals surface area contributed by atoms with Crippen molar-refractivity contribution < 1.29 is 9.53 Å². The molecule has 4 aromatic rings. The Bertz CT molecular complexity index is 1410. The van der Waals surface area contributed by atoms with E-state index in [-0.39, 0.29) is 18.2 Å². The van der Waals surface area contributed by atoms with E-state index in [9.17, 15) is 4.79 Å². The maximum Gasteiger partial charge on any atom is 0.323 e. The van der Waals surface area contributed by atoms with Crippen molar-refractivity contribution >= 4 is 34.3 Å². The summed E-state index contributed by atoms with van der Waals surface area (Å²) in [7, 11) is 4.10.